The normalized spacial score (nSPS) is 30.0. The zero-order valence-corrected chi connectivity index (χ0v) is 9.38. The maximum Gasteiger partial charge on any atom is 0.290 e. The predicted molar refractivity (Wildman–Crippen MR) is 64.2 cm³/mol. The molecular formula is C9H18B2O2S. The van der Waals surface area contributed by atoms with Crippen LogP contribution in [0.25, 0.3) is 0 Å². The highest BCUT2D eigenvalue weighted by atomic mass is 32.2. The molecule has 0 aliphatic carbocycles. The zero-order valence-electron chi connectivity index (χ0n) is 8.56. The number of hydrogen-bond acceptors (Lipinski definition) is 3. The van der Waals surface area contributed by atoms with Crippen molar-refractivity contribution in [3.8, 4) is 0 Å². The average Bonchev–Trinajstić information content (AvgIpc) is 2.56. The summed E-state index contributed by atoms with van der Waals surface area (Å²) in [7, 11) is 0. The van der Waals surface area contributed by atoms with Gasteiger partial charge in [-0.3, -0.25) is 0 Å². The first-order chi connectivity index (χ1) is 6.74. The third kappa shape index (κ3) is 2.94. The molecule has 2 fully saturated rings. The number of hydrogen-bond donors (Lipinski definition) is 2. The van der Waals surface area contributed by atoms with Crippen LogP contribution >= 0.6 is 11.8 Å². The Balaban J connectivity index is 1.70. The van der Waals surface area contributed by atoms with Crippen LogP contribution in [0.4, 0.5) is 0 Å². The van der Waals surface area contributed by atoms with E-state index in [2.05, 4.69) is 11.8 Å². The van der Waals surface area contributed by atoms with E-state index in [-0.39, 0.29) is 13.8 Å². The second-order valence-electron chi connectivity index (χ2n) is 4.66. The van der Waals surface area contributed by atoms with Gasteiger partial charge in [0.25, 0.3) is 13.8 Å². The largest absolute Gasteiger partial charge is 0.450 e. The van der Waals surface area contributed by atoms with Gasteiger partial charge in [-0.05, 0) is 44.5 Å². The molecule has 0 aromatic carbocycles. The van der Waals surface area contributed by atoms with Gasteiger partial charge in [-0.15, -0.1) is 0 Å². The van der Waals surface area contributed by atoms with Crippen LogP contribution in [0.1, 0.15) is 19.3 Å². The first kappa shape index (κ1) is 10.9. The molecule has 0 saturated carbocycles. The summed E-state index contributed by atoms with van der Waals surface area (Å²) in [5.74, 6) is 0. The minimum atomic E-state index is -0.0407. The summed E-state index contributed by atoms with van der Waals surface area (Å²) in [4.78, 5) is 0. The van der Waals surface area contributed by atoms with Gasteiger partial charge in [-0.1, -0.05) is 0 Å². The smallest absolute Gasteiger partial charge is 0.290 e. The van der Waals surface area contributed by atoms with Crippen LogP contribution in [0.3, 0.4) is 0 Å². The molecule has 5 heteroatoms. The van der Waals surface area contributed by atoms with Crippen LogP contribution in [-0.2, 0) is 0 Å². The van der Waals surface area contributed by atoms with Crippen molar-refractivity contribution in [2.75, 3.05) is 0 Å². The molecule has 78 valence electrons. The summed E-state index contributed by atoms with van der Waals surface area (Å²) in [6.45, 7) is -0.0808. The highest BCUT2D eigenvalue weighted by Gasteiger charge is 2.31. The molecule has 2 nitrogen and oxygen atoms in total. The molecule has 1 unspecified atom stereocenters. The van der Waals surface area contributed by atoms with Crippen LogP contribution in [0.15, 0.2) is 0 Å². The van der Waals surface area contributed by atoms with Crippen LogP contribution in [0, 0.1) is 0 Å². The first-order valence-corrected chi connectivity index (χ1v) is 6.70. The van der Waals surface area contributed by atoms with E-state index in [4.69, 9.17) is 0 Å². The summed E-state index contributed by atoms with van der Waals surface area (Å²) >= 11 is 2.06. The maximum absolute atomic E-state index is 9.42. The molecule has 2 rings (SSSR count). The quantitative estimate of drug-likeness (QED) is 0.683. The van der Waals surface area contributed by atoms with Crippen LogP contribution < -0.4 is 0 Å². The summed E-state index contributed by atoms with van der Waals surface area (Å²) in [5, 5.41) is 20.2. The minimum absolute atomic E-state index is 0.0401. The fourth-order valence-corrected chi connectivity index (χ4v) is 4.19. The molecule has 0 aromatic rings. The SMILES string of the molecule is OB1CCC(SC2CCB(O)C2)CC1. The third-order valence-corrected chi connectivity index (χ3v) is 5.05. The minimum Gasteiger partial charge on any atom is -0.450 e. The number of thioether (sulfide) groups is 1. The third-order valence-electron chi connectivity index (χ3n) is 3.39. The zero-order chi connectivity index (χ0) is 9.97. The predicted octanol–water partition coefficient (Wildman–Crippen LogP) is 1.62. The van der Waals surface area contributed by atoms with Crippen molar-refractivity contribution in [2.45, 2.75) is 55.0 Å². The average molecular weight is 212 g/mol. The number of rotatable bonds is 2. The van der Waals surface area contributed by atoms with E-state index >= 15 is 0 Å². The molecule has 2 aliphatic rings. The van der Waals surface area contributed by atoms with E-state index < -0.39 is 0 Å². The van der Waals surface area contributed by atoms with E-state index in [9.17, 15) is 10.0 Å². The molecule has 2 heterocycles. The van der Waals surface area contributed by atoms with Crippen molar-refractivity contribution in [2.24, 2.45) is 0 Å². The van der Waals surface area contributed by atoms with Gasteiger partial charge in [0.1, 0.15) is 0 Å². The fourth-order valence-electron chi connectivity index (χ4n) is 2.49. The van der Waals surface area contributed by atoms with Crippen LogP contribution in [0.2, 0.25) is 25.3 Å². The van der Waals surface area contributed by atoms with E-state index in [0.29, 0.717) is 5.25 Å². The molecule has 0 radical (unpaired) electrons. The van der Waals surface area contributed by atoms with Crippen molar-refractivity contribution in [3.63, 3.8) is 0 Å². The Morgan fingerprint density at radius 1 is 0.857 bits per heavy atom. The van der Waals surface area contributed by atoms with E-state index in [1.807, 2.05) is 0 Å². The first-order valence-electron chi connectivity index (χ1n) is 5.75. The van der Waals surface area contributed by atoms with E-state index in [1.54, 1.807) is 0 Å². The monoisotopic (exact) mass is 212 g/mol. The Kier molecular flexibility index (Phi) is 3.86. The maximum atomic E-state index is 9.42. The molecule has 2 aliphatic heterocycles. The summed E-state index contributed by atoms with van der Waals surface area (Å²) in [5.41, 5.74) is 0. The highest BCUT2D eigenvalue weighted by molar-refractivity contribution is 8.00. The van der Waals surface area contributed by atoms with Crippen molar-refractivity contribution in [1.82, 2.24) is 0 Å². The molecule has 0 bridgehead atoms. The van der Waals surface area contributed by atoms with Crippen molar-refractivity contribution in [3.05, 3.63) is 0 Å². The Bertz CT molecular complexity index is 186. The van der Waals surface area contributed by atoms with Crippen LogP contribution in [0.5, 0.6) is 0 Å². The van der Waals surface area contributed by atoms with E-state index in [1.165, 1.54) is 19.3 Å². The molecule has 14 heavy (non-hydrogen) atoms. The Morgan fingerprint density at radius 2 is 1.43 bits per heavy atom. The van der Waals surface area contributed by atoms with Crippen LogP contribution in [-0.4, -0.2) is 34.4 Å². The lowest BCUT2D eigenvalue weighted by atomic mass is 9.56. The molecule has 2 N–H and O–H groups in total. The standard InChI is InChI=1S/C9H18B2O2S/c12-10-4-1-8(2-5-10)14-9-3-6-11(13)7-9/h8-9,12-13H,1-7H2. The van der Waals surface area contributed by atoms with Gasteiger partial charge in [0.15, 0.2) is 0 Å². The van der Waals surface area contributed by atoms with Gasteiger partial charge in [0.05, 0.1) is 0 Å². The molecule has 0 spiro atoms. The molecular weight excluding hydrogens is 194 g/mol. The lowest BCUT2D eigenvalue weighted by Crippen LogP contribution is -2.23. The Morgan fingerprint density at radius 3 is 2.00 bits per heavy atom. The van der Waals surface area contributed by atoms with Crippen molar-refractivity contribution in [1.29, 1.82) is 0 Å². The molecule has 0 aromatic heterocycles. The Labute approximate surface area is 91.1 Å². The second kappa shape index (κ2) is 4.95. The Hall–Kier alpha value is 0.400. The van der Waals surface area contributed by atoms with Crippen molar-refractivity contribution < 1.29 is 10.0 Å². The van der Waals surface area contributed by atoms with E-state index in [0.717, 1.165) is 30.5 Å². The fraction of sp³-hybridized carbons (Fsp3) is 1.00. The molecule has 1 atom stereocenters. The van der Waals surface area contributed by atoms with Gasteiger partial charge < -0.3 is 10.0 Å². The van der Waals surface area contributed by atoms with Crippen molar-refractivity contribution >= 4 is 25.6 Å². The second-order valence-corrected chi connectivity index (χ2v) is 6.26. The van der Waals surface area contributed by atoms with Gasteiger partial charge in [-0.25, -0.2) is 0 Å². The summed E-state index contributed by atoms with van der Waals surface area (Å²) in [6, 6.07) is 0. The lowest BCUT2D eigenvalue weighted by Gasteiger charge is -2.25. The highest BCUT2D eigenvalue weighted by Crippen LogP contribution is 2.37. The van der Waals surface area contributed by atoms with Gasteiger partial charge >= 0.3 is 0 Å². The van der Waals surface area contributed by atoms with Gasteiger partial charge in [-0.2, -0.15) is 11.8 Å². The lowest BCUT2D eigenvalue weighted by molar-refractivity contribution is 0.536. The topological polar surface area (TPSA) is 40.5 Å². The van der Waals surface area contributed by atoms with Gasteiger partial charge in [0.2, 0.25) is 0 Å². The van der Waals surface area contributed by atoms with Gasteiger partial charge in [0, 0.05) is 10.5 Å². The summed E-state index contributed by atoms with van der Waals surface area (Å²) in [6.07, 6.45) is 7.46. The summed E-state index contributed by atoms with van der Waals surface area (Å²) < 4.78 is 0. The molecule has 0 amide bonds. The molecule has 2 saturated heterocycles.